The highest BCUT2D eigenvalue weighted by molar-refractivity contribution is 9.10. The SMILES string of the molecule is Cc1cc(Br)cc(C(=O)c2ccc(Cl)cc2F)c1. The van der Waals surface area contributed by atoms with E-state index < -0.39 is 5.82 Å². The molecule has 0 fully saturated rings. The van der Waals surface area contributed by atoms with Gasteiger partial charge >= 0.3 is 0 Å². The maximum atomic E-state index is 13.7. The number of hydrogen-bond acceptors (Lipinski definition) is 1. The van der Waals surface area contributed by atoms with Crippen molar-refractivity contribution in [3.05, 3.63) is 68.4 Å². The Kier molecular flexibility index (Phi) is 3.83. The van der Waals surface area contributed by atoms with Crippen LogP contribution in [0.15, 0.2) is 40.9 Å². The third kappa shape index (κ3) is 2.79. The number of hydrogen-bond donors (Lipinski definition) is 0. The van der Waals surface area contributed by atoms with Crippen LogP contribution in [0, 0.1) is 12.7 Å². The molecule has 18 heavy (non-hydrogen) atoms. The molecule has 0 amide bonds. The van der Waals surface area contributed by atoms with Crippen molar-refractivity contribution >= 4 is 33.3 Å². The van der Waals surface area contributed by atoms with Crippen LogP contribution in [0.1, 0.15) is 21.5 Å². The third-order valence-corrected chi connectivity index (χ3v) is 3.17. The van der Waals surface area contributed by atoms with Crippen LogP contribution in [0.2, 0.25) is 5.02 Å². The van der Waals surface area contributed by atoms with Crippen LogP contribution in [0.5, 0.6) is 0 Å². The van der Waals surface area contributed by atoms with Crippen LogP contribution < -0.4 is 0 Å². The lowest BCUT2D eigenvalue weighted by molar-refractivity contribution is 0.103. The summed E-state index contributed by atoms with van der Waals surface area (Å²) in [7, 11) is 0. The molecule has 0 N–H and O–H groups in total. The summed E-state index contributed by atoms with van der Waals surface area (Å²) in [5, 5.41) is 0.273. The van der Waals surface area contributed by atoms with E-state index in [4.69, 9.17) is 11.6 Å². The smallest absolute Gasteiger partial charge is 0.196 e. The lowest BCUT2D eigenvalue weighted by atomic mass is 10.0. The number of benzene rings is 2. The van der Waals surface area contributed by atoms with Crippen LogP contribution in [-0.2, 0) is 0 Å². The molecule has 0 aromatic heterocycles. The molecule has 0 heterocycles. The van der Waals surface area contributed by atoms with Crippen molar-refractivity contribution in [2.24, 2.45) is 0 Å². The fourth-order valence-electron chi connectivity index (χ4n) is 1.70. The van der Waals surface area contributed by atoms with E-state index in [9.17, 15) is 9.18 Å². The van der Waals surface area contributed by atoms with Crippen molar-refractivity contribution in [2.75, 3.05) is 0 Å². The van der Waals surface area contributed by atoms with Gasteiger partial charge in [-0.2, -0.15) is 0 Å². The molecule has 0 aliphatic carbocycles. The van der Waals surface area contributed by atoms with E-state index in [1.54, 1.807) is 12.1 Å². The predicted octanol–water partition coefficient (Wildman–Crippen LogP) is 4.78. The minimum absolute atomic E-state index is 0.0249. The summed E-state index contributed by atoms with van der Waals surface area (Å²) >= 11 is 8.98. The Morgan fingerprint density at radius 1 is 1.22 bits per heavy atom. The first kappa shape index (κ1) is 13.2. The molecule has 0 aliphatic heterocycles. The van der Waals surface area contributed by atoms with Crippen LogP contribution in [0.3, 0.4) is 0 Å². The molecule has 0 unspecified atom stereocenters. The molecule has 0 saturated carbocycles. The number of ketones is 1. The Hall–Kier alpha value is -1.19. The Morgan fingerprint density at radius 2 is 1.94 bits per heavy atom. The number of carbonyl (C=O) groups is 1. The number of halogens is 3. The summed E-state index contributed by atoms with van der Waals surface area (Å²) in [6.07, 6.45) is 0. The van der Waals surface area contributed by atoms with E-state index in [-0.39, 0.29) is 16.4 Å². The van der Waals surface area contributed by atoms with Gasteiger partial charge in [-0.05, 0) is 48.9 Å². The van der Waals surface area contributed by atoms with Gasteiger partial charge in [0.2, 0.25) is 0 Å². The molecule has 0 radical (unpaired) electrons. The summed E-state index contributed by atoms with van der Waals surface area (Å²) in [6, 6.07) is 9.32. The van der Waals surface area contributed by atoms with Crippen LogP contribution in [-0.4, -0.2) is 5.78 Å². The molecule has 92 valence electrons. The van der Waals surface area contributed by atoms with Gasteiger partial charge in [0.05, 0.1) is 5.56 Å². The van der Waals surface area contributed by atoms with Crippen molar-refractivity contribution in [3.63, 3.8) is 0 Å². The Labute approximate surface area is 118 Å². The minimum atomic E-state index is -0.606. The van der Waals surface area contributed by atoms with Gasteiger partial charge in [0.1, 0.15) is 5.82 Å². The average molecular weight is 328 g/mol. The van der Waals surface area contributed by atoms with Gasteiger partial charge in [0, 0.05) is 15.1 Å². The maximum absolute atomic E-state index is 13.7. The number of carbonyl (C=O) groups excluding carboxylic acids is 1. The Bertz CT molecular complexity index is 605. The second kappa shape index (κ2) is 5.21. The van der Waals surface area contributed by atoms with Crippen molar-refractivity contribution < 1.29 is 9.18 Å². The molecule has 1 nitrogen and oxygen atoms in total. The first-order chi connectivity index (χ1) is 8.47. The quantitative estimate of drug-likeness (QED) is 0.725. The van der Waals surface area contributed by atoms with Crippen LogP contribution in [0.25, 0.3) is 0 Å². The summed E-state index contributed by atoms with van der Waals surface area (Å²) in [6.45, 7) is 1.87. The molecular weight excluding hydrogens is 319 g/mol. The Morgan fingerprint density at radius 3 is 2.56 bits per heavy atom. The lowest BCUT2D eigenvalue weighted by Gasteiger charge is -2.05. The van der Waals surface area contributed by atoms with Gasteiger partial charge in [-0.1, -0.05) is 27.5 Å². The monoisotopic (exact) mass is 326 g/mol. The molecule has 0 atom stereocenters. The molecular formula is C14H9BrClFO. The highest BCUT2D eigenvalue weighted by atomic mass is 79.9. The zero-order valence-electron chi connectivity index (χ0n) is 9.51. The minimum Gasteiger partial charge on any atom is -0.288 e. The van der Waals surface area contributed by atoms with E-state index in [0.29, 0.717) is 5.56 Å². The molecule has 0 bridgehead atoms. The zero-order valence-corrected chi connectivity index (χ0v) is 11.8. The van der Waals surface area contributed by atoms with E-state index in [1.165, 1.54) is 12.1 Å². The number of aryl methyl sites for hydroxylation is 1. The molecule has 2 aromatic rings. The fraction of sp³-hybridized carbons (Fsp3) is 0.0714. The molecule has 0 spiro atoms. The van der Waals surface area contributed by atoms with E-state index in [1.807, 2.05) is 13.0 Å². The Balaban J connectivity index is 2.47. The summed E-state index contributed by atoms with van der Waals surface area (Å²) in [5.74, 6) is -0.960. The molecule has 0 saturated heterocycles. The number of rotatable bonds is 2. The molecule has 0 aliphatic rings. The second-order valence-corrected chi connectivity index (χ2v) is 5.32. The maximum Gasteiger partial charge on any atom is 0.196 e. The molecule has 4 heteroatoms. The van der Waals surface area contributed by atoms with E-state index in [0.717, 1.165) is 16.1 Å². The topological polar surface area (TPSA) is 17.1 Å². The van der Waals surface area contributed by atoms with Crippen molar-refractivity contribution in [3.8, 4) is 0 Å². The van der Waals surface area contributed by atoms with Crippen molar-refractivity contribution in [2.45, 2.75) is 6.92 Å². The first-order valence-corrected chi connectivity index (χ1v) is 6.41. The largest absolute Gasteiger partial charge is 0.288 e. The molecule has 2 rings (SSSR count). The highest BCUT2D eigenvalue weighted by Gasteiger charge is 2.14. The van der Waals surface area contributed by atoms with E-state index in [2.05, 4.69) is 15.9 Å². The van der Waals surface area contributed by atoms with Crippen LogP contribution >= 0.6 is 27.5 Å². The van der Waals surface area contributed by atoms with E-state index >= 15 is 0 Å². The van der Waals surface area contributed by atoms with Gasteiger partial charge < -0.3 is 0 Å². The highest BCUT2D eigenvalue weighted by Crippen LogP contribution is 2.21. The summed E-state index contributed by atoms with van der Waals surface area (Å²) in [4.78, 5) is 12.2. The van der Waals surface area contributed by atoms with Crippen molar-refractivity contribution in [1.82, 2.24) is 0 Å². The fourth-order valence-corrected chi connectivity index (χ4v) is 2.46. The van der Waals surface area contributed by atoms with Gasteiger partial charge in [0.15, 0.2) is 5.78 Å². The first-order valence-electron chi connectivity index (χ1n) is 5.24. The van der Waals surface area contributed by atoms with Gasteiger partial charge in [0.25, 0.3) is 0 Å². The third-order valence-electron chi connectivity index (χ3n) is 2.48. The lowest BCUT2D eigenvalue weighted by Crippen LogP contribution is -2.04. The van der Waals surface area contributed by atoms with Gasteiger partial charge in [-0.25, -0.2) is 4.39 Å². The standard InChI is InChI=1S/C14H9BrClFO/c1-8-4-9(6-10(15)5-8)14(18)12-3-2-11(16)7-13(12)17/h2-7H,1H3. The summed E-state index contributed by atoms with van der Waals surface area (Å²) in [5.41, 5.74) is 1.40. The summed E-state index contributed by atoms with van der Waals surface area (Å²) < 4.78 is 14.5. The molecule has 2 aromatic carbocycles. The van der Waals surface area contributed by atoms with Crippen molar-refractivity contribution in [1.29, 1.82) is 0 Å². The zero-order chi connectivity index (χ0) is 13.3. The average Bonchev–Trinajstić information content (AvgIpc) is 2.26. The van der Waals surface area contributed by atoms with Crippen LogP contribution in [0.4, 0.5) is 4.39 Å². The predicted molar refractivity (Wildman–Crippen MR) is 73.7 cm³/mol. The van der Waals surface area contributed by atoms with Gasteiger partial charge in [-0.3, -0.25) is 4.79 Å². The second-order valence-electron chi connectivity index (χ2n) is 3.97. The van der Waals surface area contributed by atoms with Gasteiger partial charge in [-0.15, -0.1) is 0 Å². The normalized spacial score (nSPS) is 10.4.